The van der Waals surface area contributed by atoms with Crippen LogP contribution in [0.1, 0.15) is 40.6 Å². The predicted octanol–water partition coefficient (Wildman–Crippen LogP) is 6.80. The summed E-state index contributed by atoms with van der Waals surface area (Å²) < 4.78 is 4.86. The number of aromatic nitrogens is 2. The number of hydrogen-bond donors (Lipinski definition) is 3. The van der Waals surface area contributed by atoms with Gasteiger partial charge < -0.3 is 20.5 Å². The maximum Gasteiger partial charge on any atom is 0.330 e. The summed E-state index contributed by atoms with van der Waals surface area (Å²) in [4.78, 5) is 30.4. The summed E-state index contributed by atoms with van der Waals surface area (Å²) in [6.45, 7) is 7.48. The molecule has 0 aliphatic carbocycles. The molecule has 2 heterocycles. The first-order chi connectivity index (χ1) is 19.3. The van der Waals surface area contributed by atoms with Gasteiger partial charge in [-0.2, -0.15) is 0 Å². The molecule has 4 rings (SSSR count). The molecule has 3 N–H and O–H groups in total. The van der Waals surface area contributed by atoms with E-state index in [1.165, 1.54) is 6.08 Å². The fourth-order valence-electron chi connectivity index (χ4n) is 3.36. The maximum absolute atomic E-state index is 11.3. The molecule has 208 valence electrons. The molecule has 0 bridgehead atoms. The Bertz CT molecular complexity index is 1460. The SMILES string of the molecule is CCOC(=O)/C=C/c1cccc(CNc2nc(C)cs2)c1.Cc1csc(NCc2cccc(/C=C/C(=O)O)c2)n1. The monoisotopic (exact) mass is 576 g/mol. The molecule has 0 aliphatic heterocycles. The Morgan fingerprint density at radius 3 is 1.77 bits per heavy atom. The number of carbonyl (C=O) groups is 2. The third-order valence-corrected chi connectivity index (χ3v) is 6.98. The second kappa shape index (κ2) is 16.0. The summed E-state index contributed by atoms with van der Waals surface area (Å²) in [5.74, 6) is -1.26. The van der Waals surface area contributed by atoms with Crippen molar-refractivity contribution in [1.29, 1.82) is 0 Å². The molecule has 8 nitrogen and oxygen atoms in total. The van der Waals surface area contributed by atoms with E-state index in [2.05, 4.69) is 20.6 Å². The third-order valence-electron chi connectivity index (χ3n) is 5.14. The number of aryl methyl sites for hydroxylation is 2. The van der Waals surface area contributed by atoms with Crippen LogP contribution in [0.25, 0.3) is 12.2 Å². The van der Waals surface area contributed by atoms with Gasteiger partial charge in [-0.25, -0.2) is 19.6 Å². The highest BCUT2D eigenvalue weighted by Gasteiger charge is 2.01. The van der Waals surface area contributed by atoms with E-state index in [0.29, 0.717) is 19.7 Å². The zero-order valence-electron chi connectivity index (χ0n) is 22.6. The van der Waals surface area contributed by atoms with E-state index < -0.39 is 5.97 Å². The van der Waals surface area contributed by atoms with Gasteiger partial charge in [-0.05, 0) is 67.3 Å². The van der Waals surface area contributed by atoms with Crippen molar-refractivity contribution in [2.24, 2.45) is 0 Å². The number of benzene rings is 2. The van der Waals surface area contributed by atoms with Gasteiger partial charge in [0.05, 0.1) is 18.0 Å². The van der Waals surface area contributed by atoms with E-state index in [1.54, 1.807) is 41.7 Å². The van der Waals surface area contributed by atoms with Crippen LogP contribution < -0.4 is 10.6 Å². The van der Waals surface area contributed by atoms with E-state index in [4.69, 9.17) is 9.84 Å². The van der Waals surface area contributed by atoms with Crippen molar-refractivity contribution < 1.29 is 19.4 Å². The Balaban J connectivity index is 0.000000222. The molecule has 2 aromatic heterocycles. The van der Waals surface area contributed by atoms with Gasteiger partial charge in [0, 0.05) is 36.0 Å². The van der Waals surface area contributed by atoms with Crippen LogP contribution in [0, 0.1) is 13.8 Å². The average molecular weight is 577 g/mol. The van der Waals surface area contributed by atoms with Crippen LogP contribution in [0.2, 0.25) is 0 Å². The van der Waals surface area contributed by atoms with Crippen molar-refractivity contribution in [3.8, 4) is 0 Å². The molecule has 0 aliphatic rings. The van der Waals surface area contributed by atoms with Gasteiger partial charge in [-0.15, -0.1) is 22.7 Å². The van der Waals surface area contributed by atoms with Gasteiger partial charge >= 0.3 is 11.9 Å². The lowest BCUT2D eigenvalue weighted by atomic mass is 10.1. The van der Waals surface area contributed by atoms with E-state index >= 15 is 0 Å². The molecule has 0 unspecified atom stereocenters. The molecular formula is C30H32N4O4S2. The topological polar surface area (TPSA) is 113 Å². The number of carboxylic acids is 1. The van der Waals surface area contributed by atoms with Crippen LogP contribution in [-0.4, -0.2) is 33.6 Å². The summed E-state index contributed by atoms with van der Waals surface area (Å²) >= 11 is 3.17. The maximum atomic E-state index is 11.3. The Hall–Kier alpha value is -4.28. The Kier molecular flexibility index (Phi) is 12.1. The van der Waals surface area contributed by atoms with Crippen LogP contribution in [0.15, 0.2) is 71.4 Å². The lowest BCUT2D eigenvalue weighted by Gasteiger charge is -2.04. The van der Waals surface area contributed by atoms with E-state index in [1.807, 2.05) is 73.1 Å². The Morgan fingerprint density at radius 1 is 0.850 bits per heavy atom. The van der Waals surface area contributed by atoms with Gasteiger partial charge in [0.15, 0.2) is 10.3 Å². The highest BCUT2D eigenvalue weighted by atomic mass is 32.1. The van der Waals surface area contributed by atoms with Crippen molar-refractivity contribution in [3.05, 3.63) is 105 Å². The minimum absolute atomic E-state index is 0.320. The molecule has 2 aromatic carbocycles. The molecule has 40 heavy (non-hydrogen) atoms. The summed E-state index contributed by atoms with van der Waals surface area (Å²) in [5, 5.41) is 20.9. The minimum Gasteiger partial charge on any atom is -0.478 e. The minimum atomic E-state index is -0.943. The van der Waals surface area contributed by atoms with Crippen molar-refractivity contribution in [3.63, 3.8) is 0 Å². The fourth-order valence-corrected chi connectivity index (χ4v) is 4.74. The van der Waals surface area contributed by atoms with Gasteiger partial charge in [-0.1, -0.05) is 36.4 Å². The number of esters is 1. The molecule has 0 atom stereocenters. The van der Waals surface area contributed by atoms with Crippen molar-refractivity contribution in [2.45, 2.75) is 33.9 Å². The average Bonchev–Trinajstić information content (AvgIpc) is 3.56. The quantitative estimate of drug-likeness (QED) is 0.132. The Morgan fingerprint density at radius 2 is 1.35 bits per heavy atom. The lowest BCUT2D eigenvalue weighted by molar-refractivity contribution is -0.137. The summed E-state index contributed by atoms with van der Waals surface area (Å²) in [6, 6.07) is 15.7. The van der Waals surface area contributed by atoms with Crippen molar-refractivity contribution in [1.82, 2.24) is 9.97 Å². The second-order valence-corrected chi connectivity index (χ2v) is 10.3. The summed E-state index contributed by atoms with van der Waals surface area (Å²) in [7, 11) is 0. The second-order valence-electron chi connectivity index (χ2n) is 8.54. The largest absolute Gasteiger partial charge is 0.478 e. The molecule has 4 aromatic rings. The molecule has 0 saturated carbocycles. The van der Waals surface area contributed by atoms with E-state index in [0.717, 1.165) is 50.0 Å². The summed E-state index contributed by atoms with van der Waals surface area (Å²) in [6.07, 6.45) is 5.92. The molecule has 0 amide bonds. The number of carboxylic acid groups (broad SMARTS) is 1. The van der Waals surface area contributed by atoms with Crippen LogP contribution in [0.5, 0.6) is 0 Å². The number of rotatable bonds is 11. The number of anilines is 2. The first kappa shape index (κ1) is 30.3. The highest BCUT2D eigenvalue weighted by Crippen LogP contribution is 2.17. The van der Waals surface area contributed by atoms with Crippen molar-refractivity contribution in [2.75, 3.05) is 17.2 Å². The number of ether oxygens (including phenoxy) is 1. The zero-order valence-corrected chi connectivity index (χ0v) is 24.2. The summed E-state index contributed by atoms with van der Waals surface area (Å²) in [5.41, 5.74) is 6.09. The van der Waals surface area contributed by atoms with Crippen molar-refractivity contribution >= 4 is 57.0 Å². The number of aliphatic carboxylic acids is 1. The number of nitrogens with one attached hydrogen (secondary N) is 2. The van der Waals surface area contributed by atoms with Gasteiger partial charge in [0.1, 0.15) is 0 Å². The standard InChI is InChI=1S/C16H18N2O2S.C14H14N2O2S/c1-3-20-15(19)8-7-13-5-4-6-14(9-13)10-17-16-18-12(2)11-21-16;1-10-9-19-14(16-10)15-8-12-4-2-3-11(7-12)5-6-13(17)18/h4-9,11H,3,10H2,1-2H3,(H,17,18);2-7,9H,8H2,1H3,(H,15,16)(H,17,18)/b8-7+;6-5+. The van der Waals surface area contributed by atoms with Crippen LogP contribution in [0.3, 0.4) is 0 Å². The van der Waals surface area contributed by atoms with E-state index in [9.17, 15) is 9.59 Å². The first-order valence-corrected chi connectivity index (χ1v) is 14.3. The normalized spacial score (nSPS) is 10.8. The van der Waals surface area contributed by atoms with Crippen LogP contribution in [-0.2, 0) is 27.4 Å². The highest BCUT2D eigenvalue weighted by molar-refractivity contribution is 7.14. The van der Waals surface area contributed by atoms with Gasteiger partial charge in [0.2, 0.25) is 0 Å². The molecule has 0 fully saturated rings. The van der Waals surface area contributed by atoms with Crippen LogP contribution >= 0.6 is 22.7 Å². The number of hydrogen-bond acceptors (Lipinski definition) is 9. The fraction of sp³-hybridized carbons (Fsp3) is 0.200. The van der Waals surface area contributed by atoms with Gasteiger partial charge in [0.25, 0.3) is 0 Å². The third kappa shape index (κ3) is 11.2. The number of nitrogens with zero attached hydrogens (tertiary/aromatic N) is 2. The molecule has 0 spiro atoms. The smallest absolute Gasteiger partial charge is 0.330 e. The first-order valence-electron chi connectivity index (χ1n) is 12.6. The molecule has 10 heteroatoms. The molecule has 0 saturated heterocycles. The molecule has 0 radical (unpaired) electrons. The molecular weight excluding hydrogens is 544 g/mol. The van der Waals surface area contributed by atoms with Crippen LogP contribution in [0.4, 0.5) is 10.3 Å². The number of thiazole rings is 2. The lowest BCUT2D eigenvalue weighted by Crippen LogP contribution is -2.00. The zero-order chi connectivity index (χ0) is 28.7. The van der Waals surface area contributed by atoms with Gasteiger partial charge in [-0.3, -0.25) is 0 Å². The number of carbonyl (C=O) groups excluding carboxylic acids is 1. The predicted molar refractivity (Wildman–Crippen MR) is 164 cm³/mol. The van der Waals surface area contributed by atoms with E-state index in [-0.39, 0.29) is 5.97 Å². The Labute approximate surface area is 242 Å².